The molecule has 1 aromatic rings. The highest BCUT2D eigenvalue weighted by atomic mass is 19.1. The number of hydrogen-bond donors (Lipinski definition) is 2. The quantitative estimate of drug-likeness (QED) is 0.624. The van der Waals surface area contributed by atoms with Gasteiger partial charge in [0.15, 0.2) is 0 Å². The van der Waals surface area contributed by atoms with E-state index in [2.05, 4.69) is 19.3 Å². The van der Waals surface area contributed by atoms with Gasteiger partial charge in [0.05, 0.1) is 6.04 Å². The fraction of sp³-hybridized carbons (Fsp3) is 0.647. The number of aryl methyl sites for hydroxylation is 1. The van der Waals surface area contributed by atoms with Gasteiger partial charge in [0.1, 0.15) is 5.82 Å². The van der Waals surface area contributed by atoms with E-state index in [0.717, 1.165) is 17.5 Å². The third kappa shape index (κ3) is 3.04. The molecule has 1 aliphatic rings. The van der Waals surface area contributed by atoms with Crippen LogP contribution in [-0.2, 0) is 0 Å². The lowest BCUT2D eigenvalue weighted by molar-refractivity contribution is 0.155. The average Bonchev–Trinajstić information content (AvgIpc) is 2.83. The molecular weight excluding hydrogens is 251 g/mol. The number of hydrazine groups is 1. The Bertz CT molecular complexity index is 450. The van der Waals surface area contributed by atoms with Crippen molar-refractivity contribution < 1.29 is 4.39 Å². The predicted molar refractivity (Wildman–Crippen MR) is 81.6 cm³/mol. The minimum absolute atomic E-state index is 0.0445. The molecule has 0 aliphatic heterocycles. The van der Waals surface area contributed by atoms with Crippen LogP contribution in [0, 0.1) is 24.1 Å². The van der Waals surface area contributed by atoms with E-state index in [1.807, 2.05) is 13.0 Å². The van der Waals surface area contributed by atoms with E-state index in [0.29, 0.717) is 5.92 Å². The van der Waals surface area contributed by atoms with Crippen molar-refractivity contribution in [3.63, 3.8) is 0 Å². The zero-order valence-electron chi connectivity index (χ0n) is 12.9. The van der Waals surface area contributed by atoms with Gasteiger partial charge in [-0.1, -0.05) is 32.8 Å². The number of rotatable bonds is 5. The molecule has 0 aromatic heterocycles. The molecule has 1 saturated carbocycles. The molecule has 20 heavy (non-hydrogen) atoms. The molecule has 3 N–H and O–H groups in total. The van der Waals surface area contributed by atoms with Crippen LogP contribution >= 0.6 is 0 Å². The molecule has 0 amide bonds. The van der Waals surface area contributed by atoms with Gasteiger partial charge < -0.3 is 0 Å². The first kappa shape index (κ1) is 15.5. The van der Waals surface area contributed by atoms with Gasteiger partial charge in [-0.25, -0.2) is 4.39 Å². The second kappa shape index (κ2) is 6.23. The standard InChI is InChI=1S/C17H27FN2/c1-12(2)11-17(8-4-5-9-17)16(20-19)15-10-14(18)7-6-13(15)3/h6-7,10,12,16,20H,4-5,8-9,11,19H2,1-3H3. The Hall–Kier alpha value is -0.930. The monoisotopic (exact) mass is 278 g/mol. The lowest BCUT2D eigenvalue weighted by atomic mass is 9.70. The largest absolute Gasteiger partial charge is 0.271 e. The second-order valence-electron chi connectivity index (χ2n) is 6.77. The molecule has 0 bridgehead atoms. The first-order valence-electron chi connectivity index (χ1n) is 7.71. The molecule has 0 spiro atoms. The smallest absolute Gasteiger partial charge is 0.123 e. The van der Waals surface area contributed by atoms with Crippen LogP contribution in [0.5, 0.6) is 0 Å². The first-order chi connectivity index (χ1) is 9.48. The van der Waals surface area contributed by atoms with Crippen LogP contribution in [0.1, 0.15) is 63.1 Å². The molecule has 1 unspecified atom stereocenters. The number of hydrogen-bond acceptors (Lipinski definition) is 2. The lowest BCUT2D eigenvalue weighted by Gasteiger charge is -2.39. The number of nitrogens with two attached hydrogens (primary N) is 1. The van der Waals surface area contributed by atoms with Crippen molar-refractivity contribution in [1.82, 2.24) is 5.43 Å². The van der Waals surface area contributed by atoms with Gasteiger partial charge in [-0.2, -0.15) is 0 Å². The highest BCUT2D eigenvalue weighted by Crippen LogP contribution is 2.51. The van der Waals surface area contributed by atoms with Gasteiger partial charge in [-0.05, 0) is 60.8 Å². The summed E-state index contributed by atoms with van der Waals surface area (Å²) in [7, 11) is 0. The molecular formula is C17H27FN2. The summed E-state index contributed by atoms with van der Waals surface area (Å²) >= 11 is 0. The van der Waals surface area contributed by atoms with E-state index in [1.165, 1.54) is 31.7 Å². The number of nitrogens with one attached hydrogen (secondary N) is 1. The Labute approximate surface area is 121 Å². The summed E-state index contributed by atoms with van der Waals surface area (Å²) in [6.45, 7) is 6.55. The molecule has 1 aromatic carbocycles. The van der Waals surface area contributed by atoms with Gasteiger partial charge in [-0.3, -0.25) is 11.3 Å². The summed E-state index contributed by atoms with van der Waals surface area (Å²) in [5.41, 5.74) is 5.31. The third-order valence-corrected chi connectivity index (χ3v) is 4.75. The fourth-order valence-corrected chi connectivity index (χ4v) is 4.02. The second-order valence-corrected chi connectivity index (χ2v) is 6.77. The van der Waals surface area contributed by atoms with E-state index in [-0.39, 0.29) is 17.3 Å². The van der Waals surface area contributed by atoms with Crippen molar-refractivity contribution in [2.24, 2.45) is 17.2 Å². The molecule has 112 valence electrons. The molecule has 0 saturated heterocycles. The van der Waals surface area contributed by atoms with Crippen LogP contribution < -0.4 is 11.3 Å². The molecule has 1 aliphatic carbocycles. The number of benzene rings is 1. The summed E-state index contributed by atoms with van der Waals surface area (Å²) in [5.74, 6) is 6.34. The van der Waals surface area contributed by atoms with E-state index in [1.54, 1.807) is 6.07 Å². The van der Waals surface area contributed by atoms with Gasteiger partial charge in [0, 0.05) is 0 Å². The molecule has 3 heteroatoms. The van der Waals surface area contributed by atoms with Crippen molar-refractivity contribution in [3.8, 4) is 0 Å². The maximum Gasteiger partial charge on any atom is 0.123 e. The van der Waals surface area contributed by atoms with Crippen molar-refractivity contribution in [1.29, 1.82) is 0 Å². The minimum atomic E-state index is -0.177. The zero-order chi connectivity index (χ0) is 14.8. The Balaban J connectivity index is 2.40. The van der Waals surface area contributed by atoms with Crippen molar-refractivity contribution in [2.45, 2.75) is 58.9 Å². The molecule has 0 radical (unpaired) electrons. The highest BCUT2D eigenvalue weighted by Gasteiger charge is 2.42. The minimum Gasteiger partial charge on any atom is -0.271 e. The fourth-order valence-electron chi connectivity index (χ4n) is 4.02. The normalized spacial score (nSPS) is 19.5. The summed E-state index contributed by atoms with van der Waals surface area (Å²) in [6, 6.07) is 5.08. The highest BCUT2D eigenvalue weighted by molar-refractivity contribution is 5.31. The molecule has 2 nitrogen and oxygen atoms in total. The Morgan fingerprint density at radius 3 is 2.50 bits per heavy atom. The van der Waals surface area contributed by atoms with Crippen LogP contribution in [0.25, 0.3) is 0 Å². The lowest BCUT2D eigenvalue weighted by Crippen LogP contribution is -2.41. The predicted octanol–water partition coefficient (Wildman–Crippen LogP) is 4.25. The van der Waals surface area contributed by atoms with Gasteiger partial charge in [-0.15, -0.1) is 0 Å². The van der Waals surface area contributed by atoms with E-state index in [9.17, 15) is 4.39 Å². The van der Waals surface area contributed by atoms with Crippen LogP contribution in [0.4, 0.5) is 4.39 Å². The third-order valence-electron chi connectivity index (χ3n) is 4.75. The van der Waals surface area contributed by atoms with Crippen LogP contribution in [0.2, 0.25) is 0 Å². The van der Waals surface area contributed by atoms with E-state index < -0.39 is 0 Å². The summed E-state index contributed by atoms with van der Waals surface area (Å²) in [4.78, 5) is 0. The van der Waals surface area contributed by atoms with Gasteiger partial charge in [0.25, 0.3) is 0 Å². The summed E-state index contributed by atoms with van der Waals surface area (Å²) in [6.07, 6.45) is 5.99. The summed E-state index contributed by atoms with van der Waals surface area (Å²) in [5, 5.41) is 0. The Kier molecular flexibility index (Phi) is 4.82. The Morgan fingerprint density at radius 1 is 1.30 bits per heavy atom. The zero-order valence-corrected chi connectivity index (χ0v) is 12.9. The van der Waals surface area contributed by atoms with Crippen molar-refractivity contribution in [3.05, 3.63) is 35.1 Å². The maximum absolute atomic E-state index is 13.6. The average molecular weight is 278 g/mol. The topological polar surface area (TPSA) is 38.0 Å². The first-order valence-corrected chi connectivity index (χ1v) is 7.71. The van der Waals surface area contributed by atoms with E-state index >= 15 is 0 Å². The summed E-state index contributed by atoms with van der Waals surface area (Å²) < 4.78 is 13.6. The van der Waals surface area contributed by atoms with Crippen molar-refractivity contribution in [2.75, 3.05) is 0 Å². The van der Waals surface area contributed by atoms with Gasteiger partial charge >= 0.3 is 0 Å². The number of halogens is 1. The maximum atomic E-state index is 13.6. The SMILES string of the molecule is Cc1ccc(F)cc1C(NN)C1(CC(C)C)CCCC1. The van der Waals surface area contributed by atoms with E-state index in [4.69, 9.17) is 5.84 Å². The van der Waals surface area contributed by atoms with Crippen molar-refractivity contribution >= 4 is 0 Å². The molecule has 1 atom stereocenters. The molecule has 0 heterocycles. The van der Waals surface area contributed by atoms with Crippen LogP contribution in [0.3, 0.4) is 0 Å². The van der Waals surface area contributed by atoms with Crippen LogP contribution in [-0.4, -0.2) is 0 Å². The molecule has 1 fully saturated rings. The molecule has 2 rings (SSSR count). The van der Waals surface area contributed by atoms with Gasteiger partial charge in [0.2, 0.25) is 0 Å². The Morgan fingerprint density at radius 2 is 1.95 bits per heavy atom. The van der Waals surface area contributed by atoms with Crippen LogP contribution in [0.15, 0.2) is 18.2 Å².